The zero-order valence-corrected chi connectivity index (χ0v) is 19.3. The zero-order valence-electron chi connectivity index (χ0n) is 17.5. The molecular weight excluding hydrogens is 346 g/mol. The van der Waals surface area contributed by atoms with Crippen LogP contribution in [0.5, 0.6) is 0 Å². The molecule has 0 fully saturated rings. The van der Waals surface area contributed by atoms with Gasteiger partial charge in [-0.3, -0.25) is 0 Å². The highest BCUT2D eigenvalue weighted by molar-refractivity contribution is 7.84. The van der Waals surface area contributed by atoms with Crippen molar-refractivity contribution in [2.24, 2.45) is 0 Å². The lowest BCUT2D eigenvalue weighted by atomic mass is 10.0. The van der Waals surface area contributed by atoms with E-state index in [2.05, 4.69) is 69.8 Å². The van der Waals surface area contributed by atoms with Gasteiger partial charge in [0.15, 0.2) is 8.32 Å². The quantitative estimate of drug-likeness (QED) is 0.631. The van der Waals surface area contributed by atoms with Crippen molar-refractivity contribution in [3.63, 3.8) is 0 Å². The number of aryl methyl sites for hydroxylation is 1. The summed E-state index contributed by atoms with van der Waals surface area (Å²) in [6.45, 7) is 20.1. The number of benzene rings is 1. The largest absolute Gasteiger partial charge is 0.417 e. The Kier molecular flexibility index (Phi) is 7.63. The standard InChI is InChI=1S/C20H37NO2SSi/c1-16-10-12-17(13-11-16)18(21-24(22)19(2,3)4)14-15-23-25(8,9)20(5,6)7/h10-13,18,21H,14-15H2,1-9H3/t18-,24+/m0/s1. The third-order valence-corrected chi connectivity index (χ3v) is 11.1. The van der Waals surface area contributed by atoms with Gasteiger partial charge in [0.05, 0.1) is 15.7 Å². The Bertz CT molecular complexity index is 571. The lowest BCUT2D eigenvalue weighted by Gasteiger charge is -2.36. The number of rotatable bonds is 7. The minimum Gasteiger partial charge on any atom is -0.417 e. The van der Waals surface area contributed by atoms with Crippen LogP contribution in [0.2, 0.25) is 18.1 Å². The summed E-state index contributed by atoms with van der Waals surface area (Å²) in [6.07, 6.45) is 0.817. The first-order valence-electron chi connectivity index (χ1n) is 9.12. The number of hydrogen-bond acceptors (Lipinski definition) is 2. The summed E-state index contributed by atoms with van der Waals surface area (Å²) in [7, 11) is -2.87. The van der Waals surface area contributed by atoms with E-state index in [4.69, 9.17) is 4.43 Å². The summed E-state index contributed by atoms with van der Waals surface area (Å²) >= 11 is 0. The molecule has 1 N–H and O–H groups in total. The average Bonchev–Trinajstić information content (AvgIpc) is 2.44. The highest BCUT2D eigenvalue weighted by Crippen LogP contribution is 2.37. The normalized spacial score (nSPS) is 15.9. The van der Waals surface area contributed by atoms with Gasteiger partial charge >= 0.3 is 0 Å². The Morgan fingerprint density at radius 3 is 2.04 bits per heavy atom. The topological polar surface area (TPSA) is 38.3 Å². The van der Waals surface area contributed by atoms with Crippen LogP contribution >= 0.6 is 0 Å². The molecule has 3 nitrogen and oxygen atoms in total. The monoisotopic (exact) mass is 383 g/mol. The molecule has 0 aromatic heterocycles. The van der Waals surface area contributed by atoms with E-state index in [0.717, 1.165) is 6.42 Å². The van der Waals surface area contributed by atoms with Crippen LogP contribution in [0, 0.1) is 6.92 Å². The van der Waals surface area contributed by atoms with Crippen molar-refractivity contribution in [1.29, 1.82) is 0 Å². The summed E-state index contributed by atoms with van der Waals surface area (Å²) in [5.41, 5.74) is 2.40. The Morgan fingerprint density at radius 1 is 1.08 bits per heavy atom. The molecule has 2 atom stereocenters. The van der Waals surface area contributed by atoms with Crippen molar-refractivity contribution in [2.45, 2.75) is 83.8 Å². The first kappa shape index (κ1) is 22.5. The van der Waals surface area contributed by atoms with E-state index in [9.17, 15) is 4.21 Å². The van der Waals surface area contributed by atoms with E-state index in [1.54, 1.807) is 0 Å². The highest BCUT2D eigenvalue weighted by atomic mass is 32.2. The highest BCUT2D eigenvalue weighted by Gasteiger charge is 2.37. The molecule has 0 radical (unpaired) electrons. The summed E-state index contributed by atoms with van der Waals surface area (Å²) in [6, 6.07) is 8.50. The van der Waals surface area contributed by atoms with E-state index < -0.39 is 19.3 Å². The van der Waals surface area contributed by atoms with Gasteiger partial charge in [-0.15, -0.1) is 0 Å². The smallest absolute Gasteiger partial charge is 0.191 e. The van der Waals surface area contributed by atoms with Crippen LogP contribution in [-0.2, 0) is 15.4 Å². The fourth-order valence-electron chi connectivity index (χ4n) is 2.05. The maximum Gasteiger partial charge on any atom is 0.191 e. The fourth-order valence-corrected chi connectivity index (χ4v) is 3.97. The second kappa shape index (κ2) is 8.46. The van der Waals surface area contributed by atoms with E-state index in [0.29, 0.717) is 6.61 Å². The number of hydrogen-bond donors (Lipinski definition) is 1. The molecule has 25 heavy (non-hydrogen) atoms. The van der Waals surface area contributed by atoms with Gasteiger partial charge in [-0.1, -0.05) is 50.6 Å². The van der Waals surface area contributed by atoms with Gasteiger partial charge in [0, 0.05) is 12.6 Å². The first-order valence-corrected chi connectivity index (χ1v) is 13.2. The number of nitrogens with one attached hydrogen (secondary N) is 1. The van der Waals surface area contributed by atoms with Crippen LogP contribution in [0.15, 0.2) is 24.3 Å². The molecule has 5 heteroatoms. The Morgan fingerprint density at radius 2 is 1.60 bits per heavy atom. The van der Waals surface area contributed by atoms with Crippen LogP contribution in [0.25, 0.3) is 0 Å². The van der Waals surface area contributed by atoms with Crippen molar-refractivity contribution in [3.05, 3.63) is 35.4 Å². The van der Waals surface area contributed by atoms with E-state index in [1.807, 2.05) is 20.8 Å². The van der Waals surface area contributed by atoms with Crippen LogP contribution in [0.3, 0.4) is 0 Å². The molecule has 0 saturated carbocycles. The average molecular weight is 384 g/mol. The van der Waals surface area contributed by atoms with Gasteiger partial charge in [0.2, 0.25) is 0 Å². The van der Waals surface area contributed by atoms with Crippen molar-refractivity contribution >= 4 is 19.3 Å². The summed E-state index contributed by atoms with van der Waals surface area (Å²) in [5, 5.41) is 0.202. The van der Waals surface area contributed by atoms with Gasteiger partial charge in [-0.2, -0.15) is 0 Å². The second-order valence-electron chi connectivity index (χ2n) is 9.36. The van der Waals surface area contributed by atoms with Crippen LogP contribution in [-0.4, -0.2) is 23.9 Å². The van der Waals surface area contributed by atoms with Gasteiger partial charge < -0.3 is 4.43 Å². The van der Waals surface area contributed by atoms with E-state index >= 15 is 0 Å². The van der Waals surface area contributed by atoms with Gasteiger partial charge in [0.25, 0.3) is 0 Å². The van der Waals surface area contributed by atoms with Gasteiger partial charge in [0.1, 0.15) is 0 Å². The molecule has 0 heterocycles. The molecule has 1 rings (SSSR count). The molecule has 0 spiro atoms. The van der Waals surface area contributed by atoms with Crippen molar-refractivity contribution in [1.82, 2.24) is 4.72 Å². The van der Waals surface area contributed by atoms with Crippen LogP contribution in [0.4, 0.5) is 0 Å². The molecule has 144 valence electrons. The molecule has 0 unspecified atom stereocenters. The predicted molar refractivity (Wildman–Crippen MR) is 113 cm³/mol. The minimum atomic E-state index is -1.76. The third-order valence-electron chi connectivity index (χ3n) is 4.96. The van der Waals surface area contributed by atoms with Crippen molar-refractivity contribution in [3.8, 4) is 0 Å². The van der Waals surface area contributed by atoms with E-state index in [-0.39, 0.29) is 15.8 Å². The maximum atomic E-state index is 12.6. The molecule has 0 aliphatic carbocycles. The fraction of sp³-hybridized carbons (Fsp3) is 0.700. The zero-order chi connectivity index (χ0) is 19.5. The third kappa shape index (κ3) is 6.97. The predicted octanol–water partition coefficient (Wildman–Crippen LogP) is 5.50. The van der Waals surface area contributed by atoms with Crippen molar-refractivity contribution in [2.75, 3.05) is 6.61 Å². The van der Waals surface area contributed by atoms with Crippen molar-refractivity contribution < 1.29 is 8.63 Å². The summed E-state index contributed by atoms with van der Waals surface area (Å²) < 4.78 is 22.0. The van der Waals surface area contributed by atoms with Gasteiger partial charge in [-0.05, 0) is 57.8 Å². The summed E-state index contributed by atoms with van der Waals surface area (Å²) in [4.78, 5) is 0. The van der Waals surface area contributed by atoms with Gasteiger partial charge in [-0.25, -0.2) is 8.93 Å². The lowest BCUT2D eigenvalue weighted by Crippen LogP contribution is -2.42. The molecule has 0 amide bonds. The molecule has 1 aromatic carbocycles. The first-order chi connectivity index (χ1) is 11.2. The van der Waals surface area contributed by atoms with Crippen LogP contribution in [0.1, 0.15) is 65.1 Å². The molecule has 1 aromatic rings. The lowest BCUT2D eigenvalue weighted by molar-refractivity contribution is 0.269. The molecular formula is C20H37NO2SSi. The Hall–Kier alpha value is -0.493. The summed E-state index contributed by atoms with van der Waals surface area (Å²) in [5.74, 6) is 0. The Labute approximate surface area is 158 Å². The van der Waals surface area contributed by atoms with Crippen LogP contribution < -0.4 is 4.72 Å². The molecule has 0 saturated heterocycles. The minimum absolute atomic E-state index is 0.0328. The molecule has 0 aliphatic rings. The SMILES string of the molecule is Cc1ccc([C@H](CCO[Si](C)(C)C(C)(C)C)N[S@](=O)C(C)(C)C)cc1. The maximum absolute atomic E-state index is 12.6. The van der Waals surface area contributed by atoms with E-state index in [1.165, 1.54) is 11.1 Å². The molecule has 0 aliphatic heterocycles. The Balaban J connectivity index is 2.85. The second-order valence-corrected chi connectivity index (χ2v) is 16.2. The molecule has 0 bridgehead atoms.